The van der Waals surface area contributed by atoms with Gasteiger partial charge in [0.05, 0.1) is 6.26 Å². The molecule has 0 saturated heterocycles. The first-order valence-corrected chi connectivity index (χ1v) is 7.37. The molecule has 2 nitrogen and oxygen atoms in total. The second kappa shape index (κ2) is 5.63. The Hall–Kier alpha value is -1.19. The number of rotatable bonds is 5. The molecule has 1 unspecified atom stereocenters. The molecule has 3 heteroatoms. The van der Waals surface area contributed by atoms with Crippen molar-refractivity contribution < 1.29 is 4.42 Å². The summed E-state index contributed by atoms with van der Waals surface area (Å²) in [5, 5.41) is 3.53. The lowest BCUT2D eigenvalue weighted by atomic mass is 10.0. The Bertz CT molecular complexity index is 495. The van der Waals surface area contributed by atoms with Gasteiger partial charge in [0.25, 0.3) is 0 Å². The third-order valence-corrected chi connectivity index (χ3v) is 4.57. The molecule has 2 aromatic rings. The summed E-state index contributed by atoms with van der Waals surface area (Å²) in [6.07, 6.45) is 2.70. The SMILES string of the molecule is c1coc(CCNCC2CSc3ccccc32)c1. The molecule has 1 aliphatic heterocycles. The molecule has 0 aliphatic carbocycles. The standard InChI is InChI=1S/C15H17NOS/c1-2-6-15-14(5-1)12(11-18-15)10-16-8-7-13-4-3-9-17-13/h1-6,9,12,16H,7-8,10-11H2. The number of furan rings is 1. The average molecular weight is 259 g/mol. The van der Waals surface area contributed by atoms with E-state index in [-0.39, 0.29) is 0 Å². The second-order valence-corrected chi connectivity index (χ2v) is 5.64. The van der Waals surface area contributed by atoms with Gasteiger partial charge in [-0.15, -0.1) is 11.8 Å². The molecule has 1 aliphatic rings. The summed E-state index contributed by atoms with van der Waals surface area (Å²) < 4.78 is 5.32. The van der Waals surface area contributed by atoms with Crippen molar-refractivity contribution in [2.45, 2.75) is 17.2 Å². The van der Waals surface area contributed by atoms with E-state index < -0.39 is 0 Å². The van der Waals surface area contributed by atoms with Crippen LogP contribution in [0.4, 0.5) is 0 Å². The lowest BCUT2D eigenvalue weighted by molar-refractivity contribution is 0.496. The summed E-state index contributed by atoms with van der Waals surface area (Å²) in [5.41, 5.74) is 1.51. The summed E-state index contributed by atoms with van der Waals surface area (Å²) in [4.78, 5) is 1.45. The van der Waals surface area contributed by atoms with Crippen LogP contribution in [0.25, 0.3) is 0 Å². The van der Waals surface area contributed by atoms with Gasteiger partial charge in [-0.2, -0.15) is 0 Å². The summed E-state index contributed by atoms with van der Waals surface area (Å²) in [6, 6.07) is 12.7. The smallest absolute Gasteiger partial charge is 0.105 e. The Morgan fingerprint density at radius 3 is 3.06 bits per heavy atom. The zero-order chi connectivity index (χ0) is 12.2. The summed E-state index contributed by atoms with van der Waals surface area (Å²) >= 11 is 1.97. The van der Waals surface area contributed by atoms with E-state index in [1.807, 2.05) is 23.9 Å². The fourth-order valence-corrected chi connectivity index (χ4v) is 3.60. The van der Waals surface area contributed by atoms with Gasteiger partial charge in [-0.05, 0) is 23.8 Å². The summed E-state index contributed by atoms with van der Waals surface area (Å²) in [6.45, 7) is 2.04. The molecule has 0 amide bonds. The van der Waals surface area contributed by atoms with Crippen molar-refractivity contribution in [3.8, 4) is 0 Å². The van der Waals surface area contributed by atoms with Gasteiger partial charge in [0.15, 0.2) is 0 Å². The van der Waals surface area contributed by atoms with Crippen LogP contribution in [0.15, 0.2) is 52.0 Å². The topological polar surface area (TPSA) is 25.2 Å². The molecule has 94 valence electrons. The van der Waals surface area contributed by atoms with Crippen LogP contribution >= 0.6 is 11.8 Å². The third-order valence-electron chi connectivity index (χ3n) is 3.32. The van der Waals surface area contributed by atoms with Crippen LogP contribution in [0, 0.1) is 0 Å². The quantitative estimate of drug-likeness (QED) is 0.834. The van der Waals surface area contributed by atoms with E-state index in [9.17, 15) is 0 Å². The Morgan fingerprint density at radius 2 is 2.17 bits per heavy atom. The molecular weight excluding hydrogens is 242 g/mol. The zero-order valence-corrected chi connectivity index (χ0v) is 11.1. The molecule has 18 heavy (non-hydrogen) atoms. The number of hydrogen-bond donors (Lipinski definition) is 1. The van der Waals surface area contributed by atoms with Crippen LogP contribution < -0.4 is 5.32 Å². The van der Waals surface area contributed by atoms with Crippen molar-refractivity contribution in [3.63, 3.8) is 0 Å². The number of fused-ring (bicyclic) bond motifs is 1. The van der Waals surface area contributed by atoms with Crippen molar-refractivity contribution >= 4 is 11.8 Å². The van der Waals surface area contributed by atoms with Crippen LogP contribution in [0.3, 0.4) is 0 Å². The monoisotopic (exact) mass is 259 g/mol. The molecule has 1 atom stereocenters. The lowest BCUT2D eigenvalue weighted by Crippen LogP contribution is -2.23. The largest absolute Gasteiger partial charge is 0.469 e. The average Bonchev–Trinajstić information content (AvgIpc) is 3.04. The number of benzene rings is 1. The number of thioether (sulfide) groups is 1. The van der Waals surface area contributed by atoms with Crippen LogP contribution in [0.5, 0.6) is 0 Å². The van der Waals surface area contributed by atoms with Crippen LogP contribution in [-0.2, 0) is 6.42 Å². The molecule has 0 saturated carbocycles. The first-order valence-electron chi connectivity index (χ1n) is 6.38. The van der Waals surface area contributed by atoms with E-state index in [0.29, 0.717) is 5.92 Å². The van der Waals surface area contributed by atoms with E-state index in [0.717, 1.165) is 25.3 Å². The molecular formula is C15H17NOS. The summed E-state index contributed by atoms with van der Waals surface area (Å²) in [5.74, 6) is 2.92. The van der Waals surface area contributed by atoms with Crippen molar-refractivity contribution in [2.24, 2.45) is 0 Å². The molecule has 1 aromatic heterocycles. The van der Waals surface area contributed by atoms with Gasteiger partial charge in [-0.3, -0.25) is 0 Å². The van der Waals surface area contributed by atoms with Crippen LogP contribution in [0.2, 0.25) is 0 Å². The van der Waals surface area contributed by atoms with Gasteiger partial charge in [-0.25, -0.2) is 0 Å². The Kier molecular flexibility index (Phi) is 3.72. The minimum absolute atomic E-state index is 0.655. The highest BCUT2D eigenvalue weighted by Gasteiger charge is 2.21. The maximum absolute atomic E-state index is 5.32. The molecule has 1 N–H and O–H groups in total. The van der Waals surface area contributed by atoms with Crippen LogP contribution in [0.1, 0.15) is 17.2 Å². The zero-order valence-electron chi connectivity index (χ0n) is 10.3. The van der Waals surface area contributed by atoms with E-state index in [2.05, 4.69) is 29.6 Å². The highest BCUT2D eigenvalue weighted by atomic mass is 32.2. The second-order valence-electron chi connectivity index (χ2n) is 4.58. The molecule has 1 aromatic carbocycles. The third kappa shape index (κ3) is 2.62. The first-order chi connectivity index (χ1) is 8.93. The predicted octanol–water partition coefficient (Wildman–Crippen LogP) is 3.30. The van der Waals surface area contributed by atoms with Crippen molar-refractivity contribution in [2.75, 3.05) is 18.8 Å². The predicted molar refractivity (Wildman–Crippen MR) is 75.2 cm³/mol. The number of nitrogens with one attached hydrogen (secondary N) is 1. The van der Waals surface area contributed by atoms with E-state index in [4.69, 9.17) is 4.42 Å². The molecule has 0 radical (unpaired) electrons. The Balaban J connectivity index is 1.47. The molecule has 0 spiro atoms. The Labute approximate surface area is 112 Å². The minimum atomic E-state index is 0.655. The highest BCUT2D eigenvalue weighted by Crippen LogP contribution is 2.38. The van der Waals surface area contributed by atoms with Gasteiger partial charge in [0, 0.05) is 36.1 Å². The van der Waals surface area contributed by atoms with Gasteiger partial charge >= 0.3 is 0 Å². The van der Waals surface area contributed by atoms with E-state index >= 15 is 0 Å². The van der Waals surface area contributed by atoms with Gasteiger partial charge in [0.2, 0.25) is 0 Å². The van der Waals surface area contributed by atoms with Crippen molar-refractivity contribution in [3.05, 3.63) is 54.0 Å². The highest BCUT2D eigenvalue weighted by molar-refractivity contribution is 7.99. The van der Waals surface area contributed by atoms with E-state index in [1.165, 1.54) is 16.2 Å². The van der Waals surface area contributed by atoms with Crippen molar-refractivity contribution in [1.29, 1.82) is 0 Å². The molecule has 2 heterocycles. The minimum Gasteiger partial charge on any atom is -0.469 e. The fraction of sp³-hybridized carbons (Fsp3) is 0.333. The Morgan fingerprint density at radius 1 is 1.22 bits per heavy atom. The van der Waals surface area contributed by atoms with Crippen molar-refractivity contribution in [1.82, 2.24) is 5.32 Å². The fourth-order valence-electron chi connectivity index (χ4n) is 2.34. The maximum Gasteiger partial charge on any atom is 0.105 e. The van der Waals surface area contributed by atoms with Gasteiger partial charge in [-0.1, -0.05) is 18.2 Å². The molecule has 0 bridgehead atoms. The summed E-state index contributed by atoms with van der Waals surface area (Å²) in [7, 11) is 0. The maximum atomic E-state index is 5.32. The molecule has 0 fully saturated rings. The van der Waals surface area contributed by atoms with Crippen LogP contribution in [-0.4, -0.2) is 18.8 Å². The van der Waals surface area contributed by atoms with E-state index in [1.54, 1.807) is 6.26 Å². The van der Waals surface area contributed by atoms with Gasteiger partial charge < -0.3 is 9.73 Å². The molecule has 3 rings (SSSR count). The number of hydrogen-bond acceptors (Lipinski definition) is 3. The lowest BCUT2D eigenvalue weighted by Gasteiger charge is -2.11. The van der Waals surface area contributed by atoms with Gasteiger partial charge in [0.1, 0.15) is 5.76 Å². The normalized spacial score (nSPS) is 17.9. The first kappa shape index (κ1) is 11.9.